The normalized spacial score (nSPS) is 16.9. The zero-order valence-electron chi connectivity index (χ0n) is 9.56. The van der Waals surface area contributed by atoms with E-state index in [-0.39, 0.29) is 0 Å². The molecule has 86 valence electrons. The first-order chi connectivity index (χ1) is 7.81. The monoisotopic (exact) mass is 219 g/mol. The summed E-state index contributed by atoms with van der Waals surface area (Å²) in [4.78, 5) is 6.72. The number of hydrogen-bond donors (Lipinski definition) is 1. The smallest absolute Gasteiger partial charge is 0.128 e. The lowest BCUT2D eigenvalue weighted by atomic mass is 10.1. The van der Waals surface area contributed by atoms with Crippen molar-refractivity contribution in [2.45, 2.75) is 26.2 Å². The van der Waals surface area contributed by atoms with Crippen molar-refractivity contribution in [3.8, 4) is 0 Å². The molecule has 0 atom stereocenters. The Kier molecular flexibility index (Phi) is 3.39. The van der Waals surface area contributed by atoms with Crippen LogP contribution in [0, 0.1) is 6.92 Å². The molecule has 0 radical (unpaired) electrons. The summed E-state index contributed by atoms with van der Waals surface area (Å²) in [6.45, 7) is 4.20. The van der Waals surface area contributed by atoms with Gasteiger partial charge in [-0.05, 0) is 37.8 Å². The number of hydrogen-bond acceptors (Lipinski definition) is 4. The number of rotatable bonds is 2. The summed E-state index contributed by atoms with van der Waals surface area (Å²) in [5.74, 6) is 1.03. The molecule has 0 saturated carbocycles. The van der Waals surface area contributed by atoms with Crippen LogP contribution in [0.4, 0.5) is 5.82 Å². The first-order valence-corrected chi connectivity index (χ1v) is 5.70. The van der Waals surface area contributed by atoms with Gasteiger partial charge in [-0.25, -0.2) is 4.98 Å². The first-order valence-electron chi connectivity index (χ1n) is 5.70. The lowest BCUT2D eigenvalue weighted by molar-refractivity contribution is 0.322. The number of anilines is 1. The molecule has 1 aliphatic rings. The number of oxime groups is 1. The fraction of sp³-hybridized carbons (Fsp3) is 0.500. The van der Waals surface area contributed by atoms with Crippen molar-refractivity contribution in [1.29, 1.82) is 0 Å². The van der Waals surface area contributed by atoms with Gasteiger partial charge in [-0.2, -0.15) is 0 Å². The molecule has 16 heavy (non-hydrogen) atoms. The van der Waals surface area contributed by atoms with Gasteiger partial charge in [0.05, 0.1) is 6.21 Å². The second-order valence-electron chi connectivity index (χ2n) is 4.19. The highest BCUT2D eigenvalue weighted by atomic mass is 16.4. The molecule has 0 aromatic carbocycles. The standard InChI is InChI=1S/C12H17N3O/c1-10-7-12(13-8-11(10)9-14-16)15-5-3-2-4-6-15/h7-9,16H,2-6H2,1H3/b14-9+. The maximum absolute atomic E-state index is 8.49. The zero-order chi connectivity index (χ0) is 11.4. The van der Waals surface area contributed by atoms with Crippen LogP contribution in [0.3, 0.4) is 0 Å². The molecule has 0 spiro atoms. The van der Waals surface area contributed by atoms with E-state index in [4.69, 9.17) is 5.21 Å². The van der Waals surface area contributed by atoms with Gasteiger partial charge in [0.15, 0.2) is 0 Å². The van der Waals surface area contributed by atoms with E-state index < -0.39 is 0 Å². The van der Waals surface area contributed by atoms with E-state index in [9.17, 15) is 0 Å². The molecule has 1 fully saturated rings. The molecule has 4 heteroatoms. The van der Waals surface area contributed by atoms with Crippen LogP contribution in [-0.4, -0.2) is 29.5 Å². The van der Waals surface area contributed by atoms with E-state index in [1.165, 1.54) is 25.5 Å². The Morgan fingerprint density at radius 2 is 2.12 bits per heavy atom. The molecule has 0 bridgehead atoms. The van der Waals surface area contributed by atoms with Crippen molar-refractivity contribution in [2.24, 2.45) is 5.16 Å². The Labute approximate surface area is 95.6 Å². The van der Waals surface area contributed by atoms with E-state index in [1.807, 2.05) is 6.92 Å². The quantitative estimate of drug-likeness (QED) is 0.471. The maximum Gasteiger partial charge on any atom is 0.128 e. The largest absolute Gasteiger partial charge is 0.411 e. The molecule has 4 nitrogen and oxygen atoms in total. The fourth-order valence-corrected chi connectivity index (χ4v) is 2.05. The highest BCUT2D eigenvalue weighted by Gasteiger charge is 2.12. The Morgan fingerprint density at radius 1 is 1.38 bits per heavy atom. The van der Waals surface area contributed by atoms with E-state index in [0.29, 0.717) is 0 Å². The van der Waals surface area contributed by atoms with E-state index in [2.05, 4.69) is 21.1 Å². The number of aromatic nitrogens is 1. The van der Waals surface area contributed by atoms with Crippen LogP contribution in [-0.2, 0) is 0 Å². The molecule has 0 amide bonds. The second kappa shape index (κ2) is 4.96. The van der Waals surface area contributed by atoms with Crippen molar-refractivity contribution < 1.29 is 5.21 Å². The lowest BCUT2D eigenvalue weighted by Crippen LogP contribution is -2.30. The van der Waals surface area contributed by atoms with E-state index in [0.717, 1.165) is 30.0 Å². The predicted octanol–water partition coefficient (Wildman–Crippen LogP) is 2.19. The summed E-state index contributed by atoms with van der Waals surface area (Å²) in [6.07, 6.45) is 7.01. The van der Waals surface area contributed by atoms with Gasteiger partial charge in [0.1, 0.15) is 5.82 Å². The van der Waals surface area contributed by atoms with Crippen LogP contribution in [0.5, 0.6) is 0 Å². The summed E-state index contributed by atoms with van der Waals surface area (Å²) < 4.78 is 0. The van der Waals surface area contributed by atoms with E-state index in [1.54, 1.807) is 6.20 Å². The summed E-state index contributed by atoms with van der Waals surface area (Å²) >= 11 is 0. The van der Waals surface area contributed by atoms with Gasteiger partial charge in [-0.3, -0.25) is 0 Å². The van der Waals surface area contributed by atoms with Crippen LogP contribution in [0.15, 0.2) is 17.4 Å². The Morgan fingerprint density at radius 3 is 2.75 bits per heavy atom. The number of aryl methyl sites for hydroxylation is 1. The van der Waals surface area contributed by atoms with Crippen LogP contribution >= 0.6 is 0 Å². The molecular weight excluding hydrogens is 202 g/mol. The molecule has 2 heterocycles. The SMILES string of the molecule is Cc1cc(N2CCCCC2)ncc1/C=N/O. The summed E-state index contributed by atoms with van der Waals surface area (Å²) in [7, 11) is 0. The molecule has 0 aliphatic carbocycles. The second-order valence-corrected chi connectivity index (χ2v) is 4.19. The van der Waals surface area contributed by atoms with Crippen molar-refractivity contribution in [2.75, 3.05) is 18.0 Å². The minimum absolute atomic E-state index is 0.864. The molecule has 1 N–H and O–H groups in total. The van der Waals surface area contributed by atoms with Gasteiger partial charge in [0.2, 0.25) is 0 Å². The van der Waals surface area contributed by atoms with Crippen LogP contribution in [0.1, 0.15) is 30.4 Å². The van der Waals surface area contributed by atoms with E-state index >= 15 is 0 Å². The average Bonchev–Trinajstić information content (AvgIpc) is 2.33. The third-order valence-electron chi connectivity index (χ3n) is 3.01. The summed E-state index contributed by atoms with van der Waals surface area (Å²) in [5.41, 5.74) is 1.96. The van der Waals surface area contributed by atoms with Gasteiger partial charge in [0.25, 0.3) is 0 Å². The molecule has 0 unspecified atom stereocenters. The number of pyridine rings is 1. The Hall–Kier alpha value is -1.58. The summed E-state index contributed by atoms with van der Waals surface area (Å²) in [6, 6.07) is 2.06. The Bertz CT molecular complexity index is 384. The lowest BCUT2D eigenvalue weighted by Gasteiger charge is -2.28. The fourth-order valence-electron chi connectivity index (χ4n) is 2.05. The third-order valence-corrected chi connectivity index (χ3v) is 3.01. The molecular formula is C12H17N3O. The van der Waals surface area contributed by atoms with Gasteiger partial charge in [-0.15, -0.1) is 0 Å². The van der Waals surface area contributed by atoms with Crippen molar-refractivity contribution in [1.82, 2.24) is 4.98 Å². The van der Waals surface area contributed by atoms with Crippen molar-refractivity contribution in [3.05, 3.63) is 23.4 Å². The van der Waals surface area contributed by atoms with Gasteiger partial charge >= 0.3 is 0 Å². The predicted molar refractivity (Wildman–Crippen MR) is 64.4 cm³/mol. The molecule has 1 aromatic heterocycles. The minimum Gasteiger partial charge on any atom is -0.411 e. The zero-order valence-corrected chi connectivity index (χ0v) is 9.56. The van der Waals surface area contributed by atoms with Crippen LogP contribution in [0.25, 0.3) is 0 Å². The molecule has 1 aliphatic heterocycles. The van der Waals surface area contributed by atoms with Crippen LogP contribution < -0.4 is 4.90 Å². The topological polar surface area (TPSA) is 48.7 Å². The Balaban J connectivity index is 2.19. The van der Waals surface area contributed by atoms with Crippen LogP contribution in [0.2, 0.25) is 0 Å². The highest BCUT2D eigenvalue weighted by Crippen LogP contribution is 2.19. The molecule has 1 aromatic rings. The van der Waals surface area contributed by atoms with Crippen molar-refractivity contribution in [3.63, 3.8) is 0 Å². The first kappa shape index (κ1) is 10.9. The highest BCUT2D eigenvalue weighted by molar-refractivity contribution is 5.81. The summed E-state index contributed by atoms with van der Waals surface area (Å²) in [5, 5.41) is 11.5. The minimum atomic E-state index is 0.864. The molecule has 1 saturated heterocycles. The van der Waals surface area contributed by atoms with Gasteiger partial charge < -0.3 is 10.1 Å². The third kappa shape index (κ3) is 2.32. The number of nitrogens with zero attached hydrogens (tertiary/aromatic N) is 3. The number of piperidine rings is 1. The average molecular weight is 219 g/mol. The van der Waals surface area contributed by atoms with Crippen molar-refractivity contribution >= 4 is 12.0 Å². The van der Waals surface area contributed by atoms with Gasteiger partial charge in [-0.1, -0.05) is 5.16 Å². The molecule has 2 rings (SSSR count). The van der Waals surface area contributed by atoms with Gasteiger partial charge in [0, 0.05) is 24.8 Å². The maximum atomic E-state index is 8.49.